The number of carbonyl (C=O) groups is 3. The molecule has 1 aromatic carbocycles. The van der Waals surface area contributed by atoms with E-state index in [0.717, 1.165) is 32.7 Å². The van der Waals surface area contributed by atoms with Crippen molar-refractivity contribution in [3.8, 4) is 0 Å². The third-order valence-corrected chi connectivity index (χ3v) is 7.38. The monoisotopic (exact) mass is 440 g/mol. The number of fused-ring (bicyclic) bond motifs is 1. The first-order valence-electron chi connectivity index (χ1n) is 11.9. The number of likely N-dealkylation sites (tertiary alicyclic amines) is 2. The van der Waals surface area contributed by atoms with Crippen LogP contribution in [-0.4, -0.2) is 72.0 Å². The lowest BCUT2D eigenvalue weighted by molar-refractivity contribution is -0.173. The van der Waals surface area contributed by atoms with Gasteiger partial charge in [0.15, 0.2) is 0 Å². The predicted molar refractivity (Wildman–Crippen MR) is 119 cm³/mol. The molecule has 8 nitrogen and oxygen atoms in total. The summed E-state index contributed by atoms with van der Waals surface area (Å²) in [5.41, 5.74) is 4.16. The number of hydroxylamine groups is 2. The lowest BCUT2D eigenvalue weighted by atomic mass is 10.0. The number of hydrogen-bond acceptors (Lipinski definition) is 6. The number of hydrogen-bond donors (Lipinski definition) is 0. The molecular weight excluding hydrogens is 408 g/mol. The SMILES string of the molecule is Cc1cccc(CN2CC3CN(C(=O)ON4C(=O)CCC4=O)CC3C2)c1N1CCCCC1. The molecule has 172 valence electrons. The van der Waals surface area contributed by atoms with Crippen LogP contribution in [0, 0.1) is 18.8 Å². The van der Waals surface area contributed by atoms with Gasteiger partial charge < -0.3 is 14.6 Å². The van der Waals surface area contributed by atoms with Crippen LogP contribution in [0.3, 0.4) is 0 Å². The number of imide groups is 1. The summed E-state index contributed by atoms with van der Waals surface area (Å²) in [6.45, 7) is 8.55. The molecule has 0 aromatic heterocycles. The second kappa shape index (κ2) is 8.73. The molecule has 32 heavy (non-hydrogen) atoms. The Hall–Kier alpha value is -2.61. The van der Waals surface area contributed by atoms with Crippen LogP contribution >= 0.6 is 0 Å². The van der Waals surface area contributed by atoms with Crippen molar-refractivity contribution in [3.05, 3.63) is 29.3 Å². The van der Waals surface area contributed by atoms with Crippen molar-refractivity contribution in [2.24, 2.45) is 11.8 Å². The molecule has 0 radical (unpaired) electrons. The number of amides is 3. The molecule has 4 aliphatic heterocycles. The Bertz CT molecular complexity index is 883. The molecule has 4 heterocycles. The fourth-order valence-electron chi connectivity index (χ4n) is 5.82. The topological polar surface area (TPSA) is 73.4 Å². The zero-order valence-electron chi connectivity index (χ0n) is 18.8. The minimum absolute atomic E-state index is 0.116. The van der Waals surface area contributed by atoms with E-state index in [4.69, 9.17) is 4.84 Å². The number of rotatable bonds is 4. The smallest absolute Gasteiger partial charge is 0.371 e. The second-order valence-corrected chi connectivity index (χ2v) is 9.69. The summed E-state index contributed by atoms with van der Waals surface area (Å²) in [6, 6.07) is 6.64. The van der Waals surface area contributed by atoms with E-state index in [2.05, 4.69) is 34.9 Å². The van der Waals surface area contributed by atoms with Gasteiger partial charge in [0.2, 0.25) is 0 Å². The van der Waals surface area contributed by atoms with E-state index >= 15 is 0 Å². The fourth-order valence-corrected chi connectivity index (χ4v) is 5.82. The van der Waals surface area contributed by atoms with E-state index in [-0.39, 0.29) is 12.8 Å². The number of carbonyl (C=O) groups excluding carboxylic acids is 3. The van der Waals surface area contributed by atoms with Gasteiger partial charge in [-0.3, -0.25) is 14.5 Å². The minimum Gasteiger partial charge on any atom is -0.371 e. The lowest BCUT2D eigenvalue weighted by Crippen LogP contribution is -2.40. The molecule has 0 aliphatic carbocycles. The summed E-state index contributed by atoms with van der Waals surface area (Å²) >= 11 is 0. The van der Waals surface area contributed by atoms with Crippen molar-refractivity contribution in [1.29, 1.82) is 0 Å². The molecule has 4 saturated heterocycles. The van der Waals surface area contributed by atoms with Crippen molar-refractivity contribution in [1.82, 2.24) is 14.9 Å². The molecule has 2 atom stereocenters. The number of benzene rings is 1. The van der Waals surface area contributed by atoms with Crippen molar-refractivity contribution in [2.75, 3.05) is 44.2 Å². The third kappa shape index (κ3) is 4.08. The van der Waals surface area contributed by atoms with E-state index in [9.17, 15) is 14.4 Å². The van der Waals surface area contributed by atoms with Crippen LogP contribution in [0.5, 0.6) is 0 Å². The molecule has 0 spiro atoms. The van der Waals surface area contributed by atoms with E-state index < -0.39 is 17.9 Å². The van der Waals surface area contributed by atoms with Gasteiger partial charge in [0.05, 0.1) is 0 Å². The maximum atomic E-state index is 12.5. The molecule has 8 heteroatoms. The third-order valence-electron chi connectivity index (χ3n) is 7.38. The predicted octanol–water partition coefficient (Wildman–Crippen LogP) is 2.55. The molecule has 1 aromatic rings. The first-order chi connectivity index (χ1) is 15.5. The maximum absolute atomic E-state index is 12.5. The number of aryl methyl sites for hydroxylation is 1. The van der Waals surface area contributed by atoms with E-state index in [0.29, 0.717) is 30.0 Å². The fraction of sp³-hybridized carbons (Fsp3) is 0.625. The highest BCUT2D eigenvalue weighted by molar-refractivity contribution is 6.01. The van der Waals surface area contributed by atoms with Gasteiger partial charge in [-0.2, -0.15) is 0 Å². The minimum atomic E-state index is -0.583. The summed E-state index contributed by atoms with van der Waals surface area (Å²) < 4.78 is 0. The van der Waals surface area contributed by atoms with Crippen LogP contribution in [-0.2, 0) is 21.0 Å². The molecular formula is C24H32N4O4. The summed E-state index contributed by atoms with van der Waals surface area (Å²) in [5.74, 6) is -0.0697. The van der Waals surface area contributed by atoms with E-state index in [1.807, 2.05) is 0 Å². The van der Waals surface area contributed by atoms with Gasteiger partial charge in [-0.15, -0.1) is 5.06 Å². The average molecular weight is 441 g/mol. The zero-order chi connectivity index (χ0) is 22.2. The maximum Gasteiger partial charge on any atom is 0.434 e. The van der Waals surface area contributed by atoms with Gasteiger partial charge in [-0.25, -0.2) is 4.79 Å². The Morgan fingerprint density at radius 1 is 0.969 bits per heavy atom. The Morgan fingerprint density at radius 2 is 1.62 bits per heavy atom. The van der Waals surface area contributed by atoms with Crippen molar-refractivity contribution >= 4 is 23.6 Å². The van der Waals surface area contributed by atoms with Crippen LogP contribution in [0.2, 0.25) is 0 Å². The number of piperidine rings is 1. The van der Waals surface area contributed by atoms with Crippen molar-refractivity contribution in [3.63, 3.8) is 0 Å². The first-order valence-corrected chi connectivity index (χ1v) is 11.9. The molecule has 0 N–H and O–H groups in total. The van der Waals surface area contributed by atoms with E-state index in [1.54, 1.807) is 4.90 Å². The molecule has 0 saturated carbocycles. The van der Waals surface area contributed by atoms with Gasteiger partial charge in [0, 0.05) is 64.3 Å². The summed E-state index contributed by atoms with van der Waals surface area (Å²) in [5, 5.41) is 0.641. The van der Waals surface area contributed by atoms with Crippen LogP contribution in [0.25, 0.3) is 0 Å². The van der Waals surface area contributed by atoms with Gasteiger partial charge in [-0.05, 0) is 49.1 Å². The number of anilines is 1. The van der Waals surface area contributed by atoms with Crippen molar-refractivity contribution < 1.29 is 19.2 Å². The highest BCUT2D eigenvalue weighted by Crippen LogP contribution is 2.35. The zero-order valence-corrected chi connectivity index (χ0v) is 18.8. The highest BCUT2D eigenvalue weighted by Gasteiger charge is 2.43. The number of para-hydroxylation sites is 1. The molecule has 0 bridgehead atoms. The normalized spacial score (nSPS) is 26.2. The Morgan fingerprint density at radius 3 is 2.28 bits per heavy atom. The lowest BCUT2D eigenvalue weighted by Gasteiger charge is -2.33. The molecule has 4 aliphatic rings. The molecule has 2 unspecified atom stereocenters. The molecule has 3 amide bonds. The van der Waals surface area contributed by atoms with Gasteiger partial charge >= 0.3 is 6.09 Å². The Kier molecular flexibility index (Phi) is 5.80. The summed E-state index contributed by atoms with van der Waals surface area (Å²) in [4.78, 5) is 47.7. The average Bonchev–Trinajstić information content (AvgIpc) is 3.43. The van der Waals surface area contributed by atoms with E-state index in [1.165, 1.54) is 36.1 Å². The first kappa shape index (κ1) is 21.2. The van der Waals surface area contributed by atoms with Crippen LogP contribution in [0.4, 0.5) is 10.5 Å². The summed E-state index contributed by atoms with van der Waals surface area (Å²) in [6.07, 6.45) is 3.51. The molecule has 5 rings (SSSR count). The Balaban J connectivity index is 1.19. The largest absolute Gasteiger partial charge is 0.434 e. The van der Waals surface area contributed by atoms with Gasteiger partial charge in [0.25, 0.3) is 11.8 Å². The molecule has 4 fully saturated rings. The number of nitrogens with zero attached hydrogens (tertiary/aromatic N) is 4. The van der Waals surface area contributed by atoms with Crippen molar-refractivity contribution in [2.45, 2.75) is 45.6 Å². The standard InChI is InChI=1S/C24H32N4O4/c1-17-6-5-7-18(23(17)26-10-3-2-4-11-26)12-25-13-19-15-27(16-20(19)14-25)24(31)32-28-21(29)8-9-22(28)30/h5-7,19-20H,2-4,8-16H2,1H3. The second-order valence-electron chi connectivity index (χ2n) is 9.69. The Labute approximate surface area is 189 Å². The van der Waals surface area contributed by atoms with Gasteiger partial charge in [0.1, 0.15) is 0 Å². The van der Waals surface area contributed by atoms with Crippen LogP contribution in [0.1, 0.15) is 43.2 Å². The van der Waals surface area contributed by atoms with Crippen LogP contribution < -0.4 is 4.90 Å². The summed E-state index contributed by atoms with van der Waals surface area (Å²) in [7, 11) is 0. The van der Waals surface area contributed by atoms with Gasteiger partial charge in [-0.1, -0.05) is 18.2 Å². The quantitative estimate of drug-likeness (QED) is 0.670. The highest BCUT2D eigenvalue weighted by atomic mass is 16.7. The van der Waals surface area contributed by atoms with Crippen LogP contribution in [0.15, 0.2) is 18.2 Å².